The lowest BCUT2D eigenvalue weighted by molar-refractivity contribution is -0.127. The van der Waals surface area contributed by atoms with Gasteiger partial charge in [-0.1, -0.05) is 33.4 Å². The Morgan fingerprint density at radius 2 is 2.02 bits per heavy atom. The number of likely N-dealkylation sites (tertiary alicyclic amines) is 1. The number of fused-ring (bicyclic) bond motifs is 1. The maximum absolute atomic E-state index is 13.1. The number of nitrogens with zero attached hydrogens (tertiary/aromatic N) is 4. The van der Waals surface area contributed by atoms with Gasteiger partial charge < -0.3 is 14.8 Å². The predicted octanol–water partition coefficient (Wildman–Crippen LogP) is 5.88. The van der Waals surface area contributed by atoms with Crippen LogP contribution in [0.25, 0.3) is 11.0 Å². The van der Waals surface area contributed by atoms with Gasteiger partial charge in [-0.15, -0.1) is 11.3 Å². The van der Waals surface area contributed by atoms with E-state index in [-0.39, 0.29) is 38.8 Å². The molecular weight excluding hydrogens is 534 g/mol. The smallest absolute Gasteiger partial charge is 0.272 e. The zero-order valence-electron chi connectivity index (χ0n) is 23.1. The van der Waals surface area contributed by atoms with Gasteiger partial charge in [0.1, 0.15) is 11.6 Å². The van der Waals surface area contributed by atoms with Crippen molar-refractivity contribution in [2.45, 2.75) is 72.1 Å². The molecule has 0 bridgehead atoms. The number of amides is 2. The zero-order chi connectivity index (χ0) is 29.2. The van der Waals surface area contributed by atoms with E-state index >= 15 is 0 Å². The average Bonchev–Trinajstić information content (AvgIpc) is 3.65. The maximum Gasteiger partial charge on any atom is 0.272 e. The fraction of sp³-hybridized carbons (Fsp3) is 0.448. The van der Waals surface area contributed by atoms with E-state index in [9.17, 15) is 23.6 Å². The topological polar surface area (TPSA) is 103 Å². The van der Waals surface area contributed by atoms with E-state index < -0.39 is 18.2 Å². The third-order valence-corrected chi connectivity index (χ3v) is 8.53. The second-order valence-corrected chi connectivity index (χ2v) is 12.3. The number of hydrogen-bond acceptors (Lipinski definition) is 6. The largest absolute Gasteiger partial charge is 0.333 e. The van der Waals surface area contributed by atoms with Crippen molar-refractivity contribution in [3.05, 3.63) is 57.8 Å². The molecule has 3 heterocycles. The summed E-state index contributed by atoms with van der Waals surface area (Å²) >= 11 is 0.737. The fourth-order valence-corrected chi connectivity index (χ4v) is 5.38. The van der Waals surface area contributed by atoms with Crippen molar-refractivity contribution in [2.75, 3.05) is 11.9 Å². The lowest BCUT2D eigenvalue weighted by atomic mass is 9.88. The SMILES string of the molecule is C=C(C#N)C(=O)N1CCCC1Cn1c(NC(=O)c2ccc(C(F)F)s2)nc2cc(CN[C@@H](C)C(C)(C)C)ccc21. The zero-order valence-corrected chi connectivity index (χ0v) is 23.9. The minimum absolute atomic E-state index is 0.0938. The lowest BCUT2D eigenvalue weighted by Gasteiger charge is -2.28. The Morgan fingerprint density at radius 1 is 1.27 bits per heavy atom. The van der Waals surface area contributed by atoms with Gasteiger partial charge >= 0.3 is 0 Å². The number of nitriles is 1. The van der Waals surface area contributed by atoms with Crippen LogP contribution in [0.15, 0.2) is 42.5 Å². The lowest BCUT2D eigenvalue weighted by Crippen LogP contribution is -2.38. The van der Waals surface area contributed by atoms with Crippen molar-refractivity contribution in [1.29, 1.82) is 5.26 Å². The van der Waals surface area contributed by atoms with Crippen molar-refractivity contribution in [1.82, 2.24) is 19.8 Å². The van der Waals surface area contributed by atoms with Gasteiger partial charge in [-0.25, -0.2) is 13.8 Å². The van der Waals surface area contributed by atoms with Crippen molar-refractivity contribution in [3.8, 4) is 6.07 Å². The van der Waals surface area contributed by atoms with Crippen molar-refractivity contribution in [2.24, 2.45) is 5.41 Å². The quantitative estimate of drug-likeness (QED) is 0.248. The number of carbonyl (C=O) groups is 2. The molecule has 0 radical (unpaired) electrons. The summed E-state index contributed by atoms with van der Waals surface area (Å²) in [7, 11) is 0. The Bertz CT molecular complexity index is 1470. The molecule has 1 unspecified atom stereocenters. The van der Waals surface area contributed by atoms with Crippen LogP contribution in [-0.4, -0.2) is 44.9 Å². The molecule has 1 saturated heterocycles. The van der Waals surface area contributed by atoms with E-state index in [0.29, 0.717) is 31.6 Å². The van der Waals surface area contributed by atoms with E-state index in [2.05, 4.69) is 44.9 Å². The number of nitrogens with one attached hydrogen (secondary N) is 2. The molecule has 40 heavy (non-hydrogen) atoms. The summed E-state index contributed by atoms with van der Waals surface area (Å²) in [5.41, 5.74) is 2.42. The molecular formula is C29H34F2N6O2S. The first-order chi connectivity index (χ1) is 18.9. The molecule has 1 fully saturated rings. The van der Waals surface area contributed by atoms with Gasteiger partial charge in [0.15, 0.2) is 0 Å². The van der Waals surface area contributed by atoms with E-state index in [1.165, 1.54) is 12.1 Å². The Morgan fingerprint density at radius 3 is 2.67 bits per heavy atom. The highest BCUT2D eigenvalue weighted by Crippen LogP contribution is 2.30. The minimum atomic E-state index is -2.65. The number of halogens is 2. The summed E-state index contributed by atoms with van der Waals surface area (Å²) < 4.78 is 28.0. The molecule has 3 aromatic rings. The molecule has 4 rings (SSSR count). The second kappa shape index (κ2) is 11.9. The first-order valence-electron chi connectivity index (χ1n) is 13.2. The third-order valence-electron chi connectivity index (χ3n) is 7.44. The molecule has 1 aromatic carbocycles. The first kappa shape index (κ1) is 29.4. The molecule has 2 amide bonds. The first-order valence-corrected chi connectivity index (χ1v) is 14.0. The van der Waals surface area contributed by atoms with Crippen LogP contribution >= 0.6 is 11.3 Å². The molecule has 8 nitrogen and oxygen atoms in total. The van der Waals surface area contributed by atoms with E-state index in [1.54, 1.807) is 4.90 Å². The summed E-state index contributed by atoms with van der Waals surface area (Å²) in [6, 6.07) is 10.4. The standard InChI is InChI=1S/C29H34F2N6O2S/c1-17(14-32)27(39)36-12-6-7-20(36)16-37-22-9-8-19(15-33-18(2)29(3,4)5)13-21(22)34-28(37)35-26(38)24-11-10-23(40-24)25(30)31/h8-11,13,18,20,25,33H,1,6-7,12,15-16H2,2-5H3,(H,34,35,38)/t18-,20?/m0/s1. The monoisotopic (exact) mass is 568 g/mol. The molecule has 1 aliphatic heterocycles. The summed E-state index contributed by atoms with van der Waals surface area (Å²) in [4.78, 5) is 32.1. The van der Waals surface area contributed by atoms with E-state index in [4.69, 9.17) is 4.98 Å². The Balaban J connectivity index is 1.66. The van der Waals surface area contributed by atoms with Gasteiger partial charge in [0.25, 0.3) is 18.2 Å². The highest BCUT2D eigenvalue weighted by Gasteiger charge is 2.31. The molecule has 2 N–H and O–H groups in total. The minimum Gasteiger partial charge on any atom is -0.333 e. The molecule has 0 spiro atoms. The average molecular weight is 569 g/mol. The second-order valence-electron chi connectivity index (χ2n) is 11.2. The Kier molecular flexibility index (Phi) is 8.71. The number of benzene rings is 1. The molecule has 1 aliphatic rings. The van der Waals surface area contributed by atoms with Crippen molar-refractivity contribution >= 4 is 40.1 Å². The summed E-state index contributed by atoms with van der Waals surface area (Å²) in [6.07, 6.45) is -1.16. The molecule has 0 saturated carbocycles. The molecule has 11 heteroatoms. The molecule has 2 aromatic heterocycles. The number of imidazole rings is 1. The summed E-state index contributed by atoms with van der Waals surface area (Å²) in [5.74, 6) is -0.676. The molecule has 0 aliphatic carbocycles. The van der Waals surface area contributed by atoms with Gasteiger partial charge in [0, 0.05) is 25.7 Å². The Labute approximate surface area is 236 Å². The number of carbonyl (C=O) groups excluding carboxylic acids is 2. The highest BCUT2D eigenvalue weighted by molar-refractivity contribution is 7.14. The van der Waals surface area contributed by atoms with Crippen LogP contribution in [0.3, 0.4) is 0 Å². The molecule has 2 atom stereocenters. The maximum atomic E-state index is 13.1. The fourth-order valence-electron chi connectivity index (χ4n) is 4.62. The van der Waals surface area contributed by atoms with Crippen molar-refractivity contribution < 1.29 is 18.4 Å². The van der Waals surface area contributed by atoms with Crippen LogP contribution in [0.2, 0.25) is 0 Å². The van der Waals surface area contributed by atoms with Crippen LogP contribution in [-0.2, 0) is 17.9 Å². The van der Waals surface area contributed by atoms with Crippen LogP contribution in [0, 0.1) is 16.7 Å². The summed E-state index contributed by atoms with van der Waals surface area (Å²) in [6.45, 7) is 13.7. The van der Waals surface area contributed by atoms with Crippen LogP contribution < -0.4 is 10.6 Å². The predicted molar refractivity (Wildman–Crippen MR) is 152 cm³/mol. The van der Waals surface area contributed by atoms with Crippen LogP contribution in [0.5, 0.6) is 0 Å². The van der Waals surface area contributed by atoms with Crippen LogP contribution in [0.1, 0.15) is 67.1 Å². The van der Waals surface area contributed by atoms with Crippen molar-refractivity contribution in [3.63, 3.8) is 0 Å². The third kappa shape index (κ3) is 6.40. The Hall–Kier alpha value is -3.62. The number of hydrogen-bond donors (Lipinski definition) is 2. The number of alkyl halides is 2. The van der Waals surface area contributed by atoms with Gasteiger partial charge in [-0.2, -0.15) is 5.26 Å². The number of rotatable bonds is 9. The normalized spacial score (nSPS) is 16.4. The molecule has 212 valence electrons. The number of anilines is 1. The highest BCUT2D eigenvalue weighted by atomic mass is 32.1. The van der Waals surface area contributed by atoms with Crippen LogP contribution in [0.4, 0.5) is 14.7 Å². The van der Waals surface area contributed by atoms with Gasteiger partial charge in [-0.05, 0) is 55.0 Å². The number of thiophene rings is 1. The van der Waals surface area contributed by atoms with Gasteiger partial charge in [0.05, 0.1) is 26.8 Å². The summed E-state index contributed by atoms with van der Waals surface area (Å²) in [5, 5.41) is 15.5. The van der Waals surface area contributed by atoms with Gasteiger partial charge in [0.2, 0.25) is 5.95 Å². The van der Waals surface area contributed by atoms with Gasteiger partial charge in [-0.3, -0.25) is 14.9 Å². The number of aromatic nitrogens is 2. The van der Waals surface area contributed by atoms with E-state index in [1.807, 2.05) is 28.8 Å². The van der Waals surface area contributed by atoms with E-state index in [0.717, 1.165) is 28.8 Å².